The average Bonchev–Trinajstić information content (AvgIpc) is 3.22. The molecular weight excluding hydrogens is 795 g/mol. The Morgan fingerprint density at radius 3 is 1.82 bits per heavy atom. The van der Waals surface area contributed by atoms with Crippen LogP contribution in [0.25, 0.3) is 0 Å². The van der Waals surface area contributed by atoms with Gasteiger partial charge in [-0.2, -0.15) is 0 Å². The van der Waals surface area contributed by atoms with Crippen LogP contribution < -0.4 is 21.1 Å². The van der Waals surface area contributed by atoms with Crippen molar-refractivity contribution in [3.05, 3.63) is 65.7 Å². The largest absolute Gasteiger partial charge is 0.466 e. The number of benzene rings is 2. The van der Waals surface area contributed by atoms with Crippen molar-refractivity contribution in [2.75, 3.05) is 32.2 Å². The summed E-state index contributed by atoms with van der Waals surface area (Å²) in [7, 11) is 0.287. The number of esters is 2. The zero-order valence-electron chi connectivity index (χ0n) is 37.4. The van der Waals surface area contributed by atoms with Gasteiger partial charge < -0.3 is 30.7 Å². The van der Waals surface area contributed by atoms with Crippen molar-refractivity contribution < 1.29 is 37.7 Å². The number of ether oxygens (including phenoxy) is 2. The summed E-state index contributed by atoms with van der Waals surface area (Å²) in [5, 5.41) is 5.60. The van der Waals surface area contributed by atoms with Crippen LogP contribution in [0.15, 0.2) is 59.6 Å². The summed E-state index contributed by atoms with van der Waals surface area (Å²) in [6.45, 7) is 5.53. The van der Waals surface area contributed by atoms with Gasteiger partial charge in [-0.3, -0.25) is 33.2 Å². The average molecular weight is 868 g/mol. The predicted octanol–water partition coefficient (Wildman–Crippen LogP) is 6.75. The highest BCUT2D eigenvalue weighted by molar-refractivity contribution is 7.84. The second-order valence-electron chi connectivity index (χ2n) is 15.9. The maximum atomic E-state index is 14.0. The molecule has 4 atom stereocenters. The van der Waals surface area contributed by atoms with E-state index in [9.17, 15) is 28.2 Å². The molecule has 0 fully saturated rings. The molecular formula is C47H73N5O8S. The molecule has 2 aromatic rings. The molecule has 0 spiro atoms. The van der Waals surface area contributed by atoms with E-state index < -0.39 is 58.6 Å². The quantitative estimate of drug-likeness (QED) is 0.0235. The lowest BCUT2D eigenvalue weighted by molar-refractivity contribution is -0.145. The Bertz CT molecular complexity index is 1650. The van der Waals surface area contributed by atoms with E-state index in [4.69, 9.17) is 15.2 Å². The normalized spacial score (nSPS) is 13.4. The molecule has 61 heavy (non-hydrogen) atoms. The first-order valence-electron chi connectivity index (χ1n) is 22.2. The molecule has 0 radical (unpaired) electrons. The SMILES string of the molecule is CCCCCCCCCCCCCCCCOC(=O)CCN(C)C(=O)[C@H](Cc1ccccc1)NC(=O)[C@@H](CCS(C)=O)NC(=O)[C@H](Cc1ccc(OC(C)=O)cc1)N=C(C)N. The summed E-state index contributed by atoms with van der Waals surface area (Å²) in [6.07, 6.45) is 19.2. The van der Waals surface area contributed by atoms with Gasteiger partial charge >= 0.3 is 11.9 Å². The Morgan fingerprint density at radius 1 is 0.738 bits per heavy atom. The molecule has 0 bridgehead atoms. The third kappa shape index (κ3) is 24.4. The van der Waals surface area contributed by atoms with E-state index in [2.05, 4.69) is 22.5 Å². The molecule has 4 N–H and O–H groups in total. The van der Waals surface area contributed by atoms with Crippen molar-refractivity contribution in [1.82, 2.24) is 15.5 Å². The molecule has 2 aromatic carbocycles. The summed E-state index contributed by atoms with van der Waals surface area (Å²) in [5.74, 6) is -1.88. The van der Waals surface area contributed by atoms with Gasteiger partial charge in [-0.05, 0) is 43.0 Å². The van der Waals surface area contributed by atoms with Crippen molar-refractivity contribution in [2.24, 2.45) is 10.7 Å². The lowest BCUT2D eigenvalue weighted by Crippen LogP contribution is -2.56. The highest BCUT2D eigenvalue weighted by atomic mass is 32.2. The number of unbranched alkanes of at least 4 members (excludes halogenated alkanes) is 13. The molecule has 2 rings (SSSR count). The van der Waals surface area contributed by atoms with Crippen LogP contribution in [0.1, 0.15) is 135 Å². The summed E-state index contributed by atoms with van der Waals surface area (Å²) < 4.78 is 22.7. The number of hydrogen-bond donors (Lipinski definition) is 3. The van der Waals surface area contributed by atoms with Crippen molar-refractivity contribution in [1.29, 1.82) is 0 Å². The summed E-state index contributed by atoms with van der Waals surface area (Å²) >= 11 is 0. The van der Waals surface area contributed by atoms with E-state index in [0.29, 0.717) is 17.9 Å². The van der Waals surface area contributed by atoms with Crippen LogP contribution in [0.5, 0.6) is 5.75 Å². The first-order chi connectivity index (χ1) is 29.3. The molecule has 0 saturated carbocycles. The van der Waals surface area contributed by atoms with Gasteiger partial charge in [0.05, 0.1) is 18.9 Å². The minimum atomic E-state index is -1.29. The monoisotopic (exact) mass is 868 g/mol. The fourth-order valence-electron chi connectivity index (χ4n) is 6.86. The van der Waals surface area contributed by atoms with Gasteiger partial charge in [-0.1, -0.05) is 133 Å². The first-order valence-corrected chi connectivity index (χ1v) is 23.9. The number of carbonyl (C=O) groups is 5. The highest BCUT2D eigenvalue weighted by Gasteiger charge is 2.31. The molecule has 1 unspecified atom stereocenters. The molecule has 14 heteroatoms. The molecule has 0 saturated heterocycles. The molecule has 0 aromatic heterocycles. The fraction of sp³-hybridized carbons (Fsp3) is 0.617. The van der Waals surface area contributed by atoms with Crippen LogP contribution in [0.4, 0.5) is 0 Å². The van der Waals surface area contributed by atoms with Gasteiger partial charge in [0.15, 0.2) is 0 Å². The van der Waals surface area contributed by atoms with Crippen LogP contribution >= 0.6 is 0 Å². The van der Waals surface area contributed by atoms with Crippen molar-refractivity contribution in [2.45, 2.75) is 154 Å². The Balaban J connectivity index is 1.96. The van der Waals surface area contributed by atoms with Gasteiger partial charge in [-0.25, -0.2) is 0 Å². The Morgan fingerprint density at radius 2 is 1.28 bits per heavy atom. The number of amides is 3. The fourth-order valence-corrected chi connectivity index (χ4v) is 7.43. The van der Waals surface area contributed by atoms with E-state index in [0.717, 1.165) is 24.8 Å². The maximum Gasteiger partial charge on any atom is 0.308 e. The van der Waals surface area contributed by atoms with E-state index in [1.807, 2.05) is 30.3 Å². The van der Waals surface area contributed by atoms with Crippen molar-refractivity contribution in [3.63, 3.8) is 0 Å². The lowest BCUT2D eigenvalue weighted by Gasteiger charge is -2.27. The highest BCUT2D eigenvalue weighted by Crippen LogP contribution is 2.16. The van der Waals surface area contributed by atoms with Crippen molar-refractivity contribution in [3.8, 4) is 5.75 Å². The van der Waals surface area contributed by atoms with E-state index in [-0.39, 0.29) is 43.8 Å². The van der Waals surface area contributed by atoms with E-state index in [1.165, 1.54) is 88.7 Å². The van der Waals surface area contributed by atoms with Gasteiger partial charge in [-0.15, -0.1) is 0 Å². The number of rotatable bonds is 32. The van der Waals surface area contributed by atoms with Gasteiger partial charge in [0.1, 0.15) is 23.9 Å². The lowest BCUT2D eigenvalue weighted by atomic mass is 10.0. The van der Waals surface area contributed by atoms with Crippen molar-refractivity contribution >= 4 is 46.3 Å². The number of nitrogens with zero attached hydrogens (tertiary/aromatic N) is 2. The summed E-state index contributed by atoms with van der Waals surface area (Å²) in [6, 6.07) is 12.6. The number of aliphatic imine (C=N–C) groups is 1. The molecule has 13 nitrogen and oxygen atoms in total. The van der Waals surface area contributed by atoms with Crippen LogP contribution in [-0.2, 0) is 52.4 Å². The molecule has 0 aliphatic carbocycles. The van der Waals surface area contributed by atoms with Gasteiger partial charge in [0.25, 0.3) is 0 Å². The molecule has 0 aliphatic rings. The Kier molecular flexibility index (Phi) is 27.0. The molecule has 340 valence electrons. The molecule has 0 aliphatic heterocycles. The number of hydrogen-bond acceptors (Lipinski definition) is 9. The molecule has 0 heterocycles. The molecule has 3 amide bonds. The smallest absolute Gasteiger partial charge is 0.308 e. The van der Waals surface area contributed by atoms with Crippen LogP contribution in [0, 0.1) is 0 Å². The van der Waals surface area contributed by atoms with E-state index >= 15 is 0 Å². The minimum absolute atomic E-state index is 0.00277. The zero-order chi connectivity index (χ0) is 44.8. The number of carbonyl (C=O) groups excluding carboxylic acids is 5. The standard InChI is InChI=1S/C47H73N5O8S/c1-6-7-8-9-10-11-12-13-14-15-16-17-18-22-32-59-44(54)29-31-52(4)47(57)43(35-38-23-20-19-21-24-38)51-45(55)41(30-33-61(5)58)50-46(56)42(49-36(2)48)34-39-25-27-40(28-26-39)60-37(3)53/h19-21,23-28,41-43H,6-18,22,29-35H2,1-5H3,(H2,48,49)(H,50,56)(H,51,55)/t41-,42+,43+,61?/m1/s1. The Hall–Kier alpha value is -4.59. The topological polar surface area (TPSA) is 187 Å². The minimum Gasteiger partial charge on any atom is -0.466 e. The second-order valence-corrected chi connectivity index (χ2v) is 17.5. The summed E-state index contributed by atoms with van der Waals surface area (Å²) in [4.78, 5) is 71.3. The number of likely N-dealkylation sites (N-methyl/N-ethyl adjacent to an activating group) is 1. The summed E-state index contributed by atoms with van der Waals surface area (Å²) in [5.41, 5.74) is 7.39. The van der Waals surface area contributed by atoms with Crippen LogP contribution in [0.2, 0.25) is 0 Å². The number of nitrogens with one attached hydrogen (secondary N) is 2. The van der Waals surface area contributed by atoms with Crippen LogP contribution in [0.3, 0.4) is 0 Å². The van der Waals surface area contributed by atoms with Gasteiger partial charge in [0, 0.05) is 56.2 Å². The Labute approximate surface area is 367 Å². The predicted molar refractivity (Wildman–Crippen MR) is 244 cm³/mol. The van der Waals surface area contributed by atoms with Crippen LogP contribution in [-0.4, -0.2) is 94.9 Å². The van der Waals surface area contributed by atoms with Gasteiger partial charge in [0.2, 0.25) is 17.7 Å². The number of amidine groups is 1. The third-order valence-electron chi connectivity index (χ3n) is 10.3. The second kappa shape index (κ2) is 31.3. The number of nitrogens with two attached hydrogens (primary N) is 1. The maximum absolute atomic E-state index is 14.0. The van der Waals surface area contributed by atoms with E-state index in [1.54, 1.807) is 38.2 Å². The third-order valence-corrected chi connectivity index (χ3v) is 11.1. The first kappa shape index (κ1) is 52.5. The zero-order valence-corrected chi connectivity index (χ0v) is 38.2.